The molecule has 1 aromatic rings. The van der Waals surface area contributed by atoms with Crippen molar-refractivity contribution in [2.75, 3.05) is 32.7 Å². The zero-order valence-electron chi connectivity index (χ0n) is 18.4. The first-order valence-electron chi connectivity index (χ1n) is 9.16. The third-order valence-corrected chi connectivity index (χ3v) is 3.55. The number of ether oxygens (including phenoxy) is 4. The van der Waals surface area contributed by atoms with Crippen molar-refractivity contribution < 1.29 is 28.5 Å². The van der Waals surface area contributed by atoms with Gasteiger partial charge in [-0.25, -0.2) is 4.79 Å². The number of rotatable bonds is 8. The Bertz CT molecular complexity index is 801. The van der Waals surface area contributed by atoms with Gasteiger partial charge in [-0.2, -0.15) is 0 Å². The van der Waals surface area contributed by atoms with E-state index in [2.05, 4.69) is 5.32 Å². The highest BCUT2D eigenvalue weighted by Crippen LogP contribution is 2.35. The van der Waals surface area contributed by atoms with E-state index in [1.54, 1.807) is 51.9 Å². The summed E-state index contributed by atoms with van der Waals surface area (Å²) in [5.74, 6) is 0.296. The molecule has 1 amide bonds. The third-order valence-electron chi connectivity index (χ3n) is 3.55. The average Bonchev–Trinajstić information content (AvgIpc) is 2.61. The van der Waals surface area contributed by atoms with Crippen molar-refractivity contribution in [3.05, 3.63) is 17.7 Å². The van der Waals surface area contributed by atoms with Crippen molar-refractivity contribution in [1.82, 2.24) is 5.32 Å². The number of alkyl carbamates (subject to hydrolysis) is 1. The number of methoxy groups -OCH3 is 1. The van der Waals surface area contributed by atoms with E-state index in [4.69, 9.17) is 29.8 Å². The number of nitrogens with zero attached hydrogens (tertiary/aromatic N) is 1. The smallest absolute Gasteiger partial charge is 0.408 e. The van der Waals surface area contributed by atoms with Crippen LogP contribution in [0.25, 0.3) is 0 Å². The lowest BCUT2D eigenvalue weighted by atomic mass is 10.1. The lowest BCUT2D eigenvalue weighted by molar-refractivity contribution is -0.110. The number of hydrogen-bond donors (Lipinski definition) is 3. The first-order chi connectivity index (χ1) is 13.9. The molecule has 0 spiro atoms. The summed E-state index contributed by atoms with van der Waals surface area (Å²) in [6.07, 6.45) is -0.169. The second kappa shape index (κ2) is 10.5. The summed E-state index contributed by atoms with van der Waals surface area (Å²) < 4.78 is 21.3. The molecule has 1 atom stereocenters. The van der Waals surface area contributed by atoms with Crippen LogP contribution in [0.2, 0.25) is 0 Å². The summed E-state index contributed by atoms with van der Waals surface area (Å²) in [4.78, 5) is 25.0. The lowest BCUT2D eigenvalue weighted by Crippen LogP contribution is -2.43. The Morgan fingerprint density at radius 1 is 1.23 bits per heavy atom. The van der Waals surface area contributed by atoms with E-state index in [-0.39, 0.29) is 18.4 Å². The molecular weight excluding hydrogens is 392 g/mol. The quantitative estimate of drug-likeness (QED) is 0.333. The number of hydrogen-bond acceptors (Lipinski definition) is 9. The van der Waals surface area contributed by atoms with Gasteiger partial charge in [-0.15, -0.1) is 0 Å². The van der Waals surface area contributed by atoms with Gasteiger partial charge in [0.1, 0.15) is 36.0 Å². The number of carbonyl (C=O) groups excluding carboxylic acids is 2. The van der Waals surface area contributed by atoms with E-state index >= 15 is 0 Å². The number of carbonyl (C=O) groups is 2. The van der Waals surface area contributed by atoms with Crippen molar-refractivity contribution in [2.45, 2.75) is 39.3 Å². The summed E-state index contributed by atoms with van der Waals surface area (Å²) in [6.45, 7) is 6.44. The highest BCUT2D eigenvalue weighted by Gasteiger charge is 2.22. The van der Waals surface area contributed by atoms with Crippen LogP contribution in [-0.4, -0.2) is 63.6 Å². The molecule has 0 aliphatic rings. The number of benzene rings is 1. The first-order valence-corrected chi connectivity index (χ1v) is 9.16. The molecule has 0 aliphatic heterocycles. The van der Waals surface area contributed by atoms with Crippen molar-refractivity contribution >= 4 is 29.9 Å². The Morgan fingerprint density at radius 3 is 2.33 bits per heavy atom. The fourth-order valence-corrected chi connectivity index (χ4v) is 2.32. The SMILES string of the molecule is COc1cc(OC[C@@H](C=O)NC(=O)OC(C)(C)C)c(N(C)C)cc1C(=N)OC(C)=N. The van der Waals surface area contributed by atoms with Crippen molar-refractivity contribution in [3.8, 4) is 11.5 Å². The summed E-state index contributed by atoms with van der Waals surface area (Å²) in [6, 6.07) is 2.25. The predicted molar refractivity (Wildman–Crippen MR) is 113 cm³/mol. The summed E-state index contributed by atoms with van der Waals surface area (Å²) in [5, 5.41) is 17.9. The first kappa shape index (κ1) is 24.7. The molecule has 166 valence electrons. The van der Waals surface area contributed by atoms with Gasteiger partial charge in [0.2, 0.25) is 5.90 Å². The maximum absolute atomic E-state index is 11.9. The Hall–Kier alpha value is -3.30. The van der Waals surface area contributed by atoms with E-state index in [0.29, 0.717) is 29.0 Å². The summed E-state index contributed by atoms with van der Waals surface area (Å²) in [5.41, 5.74) is 0.226. The van der Waals surface area contributed by atoms with Gasteiger partial charge < -0.3 is 34.0 Å². The fraction of sp³-hybridized carbons (Fsp3) is 0.500. The molecule has 0 aliphatic carbocycles. The van der Waals surface area contributed by atoms with Crippen LogP contribution in [0.3, 0.4) is 0 Å². The van der Waals surface area contributed by atoms with E-state index in [9.17, 15) is 9.59 Å². The molecule has 0 bridgehead atoms. The van der Waals surface area contributed by atoms with Crippen LogP contribution in [0.4, 0.5) is 10.5 Å². The number of amides is 1. The number of aldehydes is 1. The zero-order chi connectivity index (χ0) is 23.1. The van der Waals surface area contributed by atoms with Gasteiger partial charge in [0.05, 0.1) is 18.4 Å². The van der Waals surface area contributed by atoms with E-state index in [1.807, 2.05) is 0 Å². The molecule has 0 saturated carbocycles. The van der Waals surface area contributed by atoms with Crippen LogP contribution in [-0.2, 0) is 14.3 Å². The molecule has 10 heteroatoms. The number of anilines is 1. The van der Waals surface area contributed by atoms with Crippen LogP contribution in [0.15, 0.2) is 12.1 Å². The summed E-state index contributed by atoms with van der Waals surface area (Å²) >= 11 is 0. The van der Waals surface area contributed by atoms with Crippen LogP contribution >= 0.6 is 0 Å². The molecule has 30 heavy (non-hydrogen) atoms. The van der Waals surface area contributed by atoms with Crippen LogP contribution < -0.4 is 19.7 Å². The van der Waals surface area contributed by atoms with Crippen LogP contribution in [0.1, 0.15) is 33.3 Å². The average molecular weight is 422 g/mol. The van der Waals surface area contributed by atoms with E-state index in [0.717, 1.165) is 0 Å². The van der Waals surface area contributed by atoms with Gasteiger partial charge in [-0.1, -0.05) is 0 Å². The highest BCUT2D eigenvalue weighted by molar-refractivity contribution is 6.01. The minimum Gasteiger partial charge on any atom is -0.496 e. The van der Waals surface area contributed by atoms with Gasteiger partial charge in [-0.05, 0) is 26.8 Å². The molecular formula is C20H30N4O6. The molecule has 0 unspecified atom stereocenters. The minimum atomic E-state index is -0.928. The molecule has 0 fully saturated rings. The second-order valence-corrected chi connectivity index (χ2v) is 7.60. The standard InChI is InChI=1S/C20H30N4O6/c1-12(21)29-18(22)14-8-15(24(5)6)17(9-16(14)27-7)28-11-13(10-25)23-19(26)30-20(2,3)4/h8-10,13,21-22H,11H2,1-7H3,(H,23,26)/t13-/m1/s1. The third kappa shape index (κ3) is 7.61. The maximum Gasteiger partial charge on any atom is 0.408 e. The Morgan fingerprint density at radius 2 is 1.87 bits per heavy atom. The van der Waals surface area contributed by atoms with Crippen molar-refractivity contribution in [3.63, 3.8) is 0 Å². The lowest BCUT2D eigenvalue weighted by Gasteiger charge is -2.23. The molecule has 0 saturated heterocycles. The van der Waals surface area contributed by atoms with Gasteiger partial charge in [0.15, 0.2) is 5.90 Å². The fourth-order valence-electron chi connectivity index (χ4n) is 2.32. The topological polar surface area (TPSA) is 134 Å². The second-order valence-electron chi connectivity index (χ2n) is 7.60. The summed E-state index contributed by atoms with van der Waals surface area (Å²) in [7, 11) is 4.99. The Kier molecular flexibility index (Phi) is 8.63. The van der Waals surface area contributed by atoms with Gasteiger partial charge in [0, 0.05) is 27.1 Å². The van der Waals surface area contributed by atoms with E-state index in [1.165, 1.54) is 14.0 Å². The molecule has 3 N–H and O–H groups in total. The number of nitrogens with one attached hydrogen (secondary N) is 3. The van der Waals surface area contributed by atoms with Crippen LogP contribution in [0, 0.1) is 10.8 Å². The zero-order valence-corrected chi connectivity index (χ0v) is 18.4. The monoisotopic (exact) mass is 422 g/mol. The Labute approximate surface area is 176 Å². The molecule has 0 radical (unpaired) electrons. The van der Waals surface area contributed by atoms with Gasteiger partial charge in [0.25, 0.3) is 0 Å². The molecule has 1 rings (SSSR count). The molecule has 10 nitrogen and oxygen atoms in total. The predicted octanol–water partition coefficient (Wildman–Crippen LogP) is 2.57. The van der Waals surface area contributed by atoms with E-state index < -0.39 is 17.7 Å². The van der Waals surface area contributed by atoms with Crippen molar-refractivity contribution in [1.29, 1.82) is 10.8 Å². The molecule has 1 aromatic carbocycles. The normalized spacial score (nSPS) is 11.7. The maximum atomic E-state index is 11.9. The molecule has 0 heterocycles. The van der Waals surface area contributed by atoms with Gasteiger partial charge in [-0.3, -0.25) is 10.8 Å². The largest absolute Gasteiger partial charge is 0.496 e. The molecule has 0 aromatic heterocycles. The Balaban J connectivity index is 3.07. The minimum absolute atomic E-state index is 0.129. The highest BCUT2D eigenvalue weighted by atomic mass is 16.6. The van der Waals surface area contributed by atoms with Crippen LogP contribution in [0.5, 0.6) is 11.5 Å². The van der Waals surface area contributed by atoms with Crippen molar-refractivity contribution in [2.24, 2.45) is 0 Å². The van der Waals surface area contributed by atoms with Gasteiger partial charge >= 0.3 is 6.09 Å².